The Morgan fingerprint density at radius 3 is 2.52 bits per heavy atom. The van der Waals surface area contributed by atoms with Gasteiger partial charge in [0.15, 0.2) is 5.96 Å². The SMILES string of the molecule is CCNC(=NCCCN(CC)S(C)(=O)=O)NC(C)COC. The first kappa shape index (κ1) is 20.1. The van der Waals surface area contributed by atoms with Crippen LogP contribution in [0.1, 0.15) is 27.2 Å². The van der Waals surface area contributed by atoms with Crippen LogP contribution in [0, 0.1) is 0 Å². The highest BCUT2D eigenvalue weighted by Gasteiger charge is 2.13. The average Bonchev–Trinajstić information content (AvgIpc) is 2.37. The van der Waals surface area contributed by atoms with E-state index < -0.39 is 10.0 Å². The lowest BCUT2D eigenvalue weighted by Gasteiger charge is -2.18. The molecule has 0 bridgehead atoms. The number of ether oxygens (including phenoxy) is 1. The number of guanidine groups is 1. The van der Waals surface area contributed by atoms with Crippen LogP contribution < -0.4 is 10.6 Å². The van der Waals surface area contributed by atoms with E-state index in [1.807, 2.05) is 20.8 Å². The molecule has 0 fully saturated rings. The van der Waals surface area contributed by atoms with Gasteiger partial charge in [-0.05, 0) is 20.3 Å². The van der Waals surface area contributed by atoms with Crippen molar-refractivity contribution in [1.29, 1.82) is 0 Å². The van der Waals surface area contributed by atoms with Gasteiger partial charge in [0, 0.05) is 39.3 Å². The molecule has 0 radical (unpaired) electrons. The Labute approximate surface area is 129 Å². The Morgan fingerprint density at radius 2 is 2.05 bits per heavy atom. The van der Waals surface area contributed by atoms with E-state index in [0.717, 1.165) is 12.5 Å². The van der Waals surface area contributed by atoms with Gasteiger partial charge in [-0.15, -0.1) is 0 Å². The molecule has 1 atom stereocenters. The number of hydrogen-bond donors (Lipinski definition) is 2. The third kappa shape index (κ3) is 9.65. The highest BCUT2D eigenvalue weighted by atomic mass is 32.2. The fourth-order valence-corrected chi connectivity index (χ4v) is 2.77. The van der Waals surface area contributed by atoms with Gasteiger partial charge in [0.2, 0.25) is 10.0 Å². The van der Waals surface area contributed by atoms with Crippen LogP contribution in [0.3, 0.4) is 0 Å². The first-order valence-electron chi connectivity index (χ1n) is 7.34. The summed E-state index contributed by atoms with van der Waals surface area (Å²) in [4.78, 5) is 4.44. The highest BCUT2D eigenvalue weighted by Crippen LogP contribution is 1.99. The molecule has 2 N–H and O–H groups in total. The molecule has 8 heteroatoms. The fourth-order valence-electron chi connectivity index (χ4n) is 1.84. The maximum atomic E-state index is 11.5. The van der Waals surface area contributed by atoms with E-state index in [2.05, 4.69) is 15.6 Å². The smallest absolute Gasteiger partial charge is 0.211 e. The number of sulfonamides is 1. The molecule has 126 valence electrons. The van der Waals surface area contributed by atoms with Gasteiger partial charge in [-0.2, -0.15) is 0 Å². The van der Waals surface area contributed by atoms with E-state index in [-0.39, 0.29) is 6.04 Å². The molecular weight excluding hydrogens is 292 g/mol. The second-order valence-electron chi connectivity index (χ2n) is 4.87. The lowest BCUT2D eigenvalue weighted by atomic mass is 10.4. The number of hydrogen-bond acceptors (Lipinski definition) is 4. The average molecular weight is 322 g/mol. The van der Waals surface area contributed by atoms with E-state index in [9.17, 15) is 8.42 Å². The van der Waals surface area contributed by atoms with Crippen LogP contribution in [0.15, 0.2) is 4.99 Å². The molecule has 0 aromatic heterocycles. The van der Waals surface area contributed by atoms with Gasteiger partial charge in [-0.25, -0.2) is 12.7 Å². The summed E-state index contributed by atoms with van der Waals surface area (Å²) < 4.78 is 29.5. The van der Waals surface area contributed by atoms with Crippen molar-refractivity contribution in [3.63, 3.8) is 0 Å². The Balaban J connectivity index is 4.32. The van der Waals surface area contributed by atoms with E-state index in [0.29, 0.717) is 32.7 Å². The number of rotatable bonds is 10. The Hall–Kier alpha value is -0.860. The number of methoxy groups -OCH3 is 1. The van der Waals surface area contributed by atoms with Crippen LogP contribution in [0.2, 0.25) is 0 Å². The fraction of sp³-hybridized carbons (Fsp3) is 0.923. The minimum atomic E-state index is -3.12. The molecule has 0 amide bonds. The van der Waals surface area contributed by atoms with Gasteiger partial charge >= 0.3 is 0 Å². The molecule has 21 heavy (non-hydrogen) atoms. The van der Waals surface area contributed by atoms with Gasteiger partial charge in [0.25, 0.3) is 0 Å². The van der Waals surface area contributed by atoms with Crippen LogP contribution >= 0.6 is 0 Å². The second kappa shape index (κ2) is 10.8. The number of nitrogens with one attached hydrogen (secondary N) is 2. The molecular formula is C13H30N4O3S. The predicted molar refractivity (Wildman–Crippen MR) is 87.2 cm³/mol. The van der Waals surface area contributed by atoms with Gasteiger partial charge in [0.05, 0.1) is 12.9 Å². The van der Waals surface area contributed by atoms with E-state index in [4.69, 9.17) is 4.74 Å². The van der Waals surface area contributed by atoms with E-state index in [1.54, 1.807) is 7.11 Å². The highest BCUT2D eigenvalue weighted by molar-refractivity contribution is 7.88. The lowest BCUT2D eigenvalue weighted by molar-refractivity contribution is 0.179. The Kier molecular flexibility index (Phi) is 10.4. The molecule has 0 aliphatic rings. The zero-order valence-electron chi connectivity index (χ0n) is 13.8. The van der Waals surface area contributed by atoms with Crippen LogP contribution in [-0.2, 0) is 14.8 Å². The van der Waals surface area contributed by atoms with Gasteiger partial charge in [-0.1, -0.05) is 6.92 Å². The van der Waals surface area contributed by atoms with E-state index in [1.165, 1.54) is 10.6 Å². The Bertz CT molecular complexity index is 398. The molecule has 0 aromatic rings. The van der Waals surface area contributed by atoms with Crippen molar-refractivity contribution in [3.8, 4) is 0 Å². The summed E-state index contributed by atoms with van der Waals surface area (Å²) in [5, 5.41) is 6.39. The minimum absolute atomic E-state index is 0.163. The second-order valence-corrected chi connectivity index (χ2v) is 6.85. The van der Waals surface area contributed by atoms with Crippen molar-refractivity contribution in [2.75, 3.05) is 46.2 Å². The van der Waals surface area contributed by atoms with Crippen molar-refractivity contribution in [2.24, 2.45) is 4.99 Å². The standard InChI is InChI=1S/C13H30N4O3S/c1-6-14-13(16-12(3)11-20-4)15-9-8-10-17(7-2)21(5,18)19/h12H,6-11H2,1-5H3,(H2,14,15,16). The first-order valence-corrected chi connectivity index (χ1v) is 9.18. The maximum Gasteiger partial charge on any atom is 0.211 e. The van der Waals surface area contributed by atoms with Crippen molar-refractivity contribution < 1.29 is 13.2 Å². The third-order valence-electron chi connectivity index (χ3n) is 2.80. The third-order valence-corrected chi connectivity index (χ3v) is 4.18. The normalized spacial score (nSPS) is 14.3. The zero-order chi connectivity index (χ0) is 16.3. The van der Waals surface area contributed by atoms with Crippen LogP contribution in [0.4, 0.5) is 0 Å². The van der Waals surface area contributed by atoms with Gasteiger partial charge in [0.1, 0.15) is 0 Å². The molecule has 0 aromatic carbocycles. The summed E-state index contributed by atoms with van der Waals surface area (Å²) in [5.41, 5.74) is 0. The topological polar surface area (TPSA) is 83.0 Å². The van der Waals surface area contributed by atoms with Crippen LogP contribution in [0.5, 0.6) is 0 Å². The molecule has 0 saturated carbocycles. The number of nitrogens with zero attached hydrogens (tertiary/aromatic N) is 2. The maximum absolute atomic E-state index is 11.5. The quantitative estimate of drug-likeness (QED) is 0.342. The molecule has 7 nitrogen and oxygen atoms in total. The molecule has 1 unspecified atom stereocenters. The first-order chi connectivity index (χ1) is 9.85. The summed E-state index contributed by atoms with van der Waals surface area (Å²) in [6, 6.07) is 0.163. The monoisotopic (exact) mass is 322 g/mol. The lowest BCUT2D eigenvalue weighted by Crippen LogP contribution is -2.44. The molecule has 0 spiro atoms. The van der Waals surface area contributed by atoms with E-state index >= 15 is 0 Å². The summed E-state index contributed by atoms with van der Waals surface area (Å²) in [5.74, 6) is 0.726. The molecule has 0 aliphatic heterocycles. The summed E-state index contributed by atoms with van der Waals surface area (Å²) in [6.45, 7) is 8.78. The molecule has 0 saturated heterocycles. The summed E-state index contributed by atoms with van der Waals surface area (Å²) in [7, 11) is -1.46. The van der Waals surface area contributed by atoms with Crippen LogP contribution in [0.25, 0.3) is 0 Å². The van der Waals surface area contributed by atoms with Crippen molar-refractivity contribution in [2.45, 2.75) is 33.2 Å². The molecule has 0 rings (SSSR count). The Morgan fingerprint density at radius 1 is 1.38 bits per heavy atom. The number of aliphatic imine (C=N–C) groups is 1. The van der Waals surface area contributed by atoms with Crippen LogP contribution in [-0.4, -0.2) is 70.9 Å². The molecule has 0 aliphatic carbocycles. The van der Waals surface area contributed by atoms with Crippen molar-refractivity contribution in [1.82, 2.24) is 14.9 Å². The van der Waals surface area contributed by atoms with Crippen molar-refractivity contribution >= 4 is 16.0 Å². The minimum Gasteiger partial charge on any atom is -0.383 e. The predicted octanol–water partition coefficient (Wildman–Crippen LogP) is 0.248. The summed E-state index contributed by atoms with van der Waals surface area (Å²) in [6.07, 6.45) is 1.92. The van der Waals surface area contributed by atoms with Gasteiger partial charge in [-0.3, -0.25) is 4.99 Å². The molecule has 0 heterocycles. The van der Waals surface area contributed by atoms with Gasteiger partial charge < -0.3 is 15.4 Å². The zero-order valence-corrected chi connectivity index (χ0v) is 14.7. The summed E-state index contributed by atoms with van der Waals surface area (Å²) >= 11 is 0. The largest absolute Gasteiger partial charge is 0.383 e. The van der Waals surface area contributed by atoms with Crippen molar-refractivity contribution in [3.05, 3.63) is 0 Å².